The van der Waals surface area contributed by atoms with Gasteiger partial charge in [0.1, 0.15) is 0 Å². The van der Waals surface area contributed by atoms with Gasteiger partial charge in [-0.15, -0.1) is 0 Å². The Bertz CT molecular complexity index is 477. The summed E-state index contributed by atoms with van der Waals surface area (Å²) in [5, 5.41) is 3.49. The Balaban J connectivity index is 1.97. The van der Waals surface area contributed by atoms with Crippen LogP contribution in [-0.4, -0.2) is 19.8 Å². The predicted molar refractivity (Wildman–Crippen MR) is 77.9 cm³/mol. The molecule has 0 aliphatic heterocycles. The van der Waals surface area contributed by atoms with Crippen LogP contribution in [0.15, 0.2) is 18.2 Å². The Hall–Kier alpha value is -1.36. The molecule has 1 saturated carbocycles. The van der Waals surface area contributed by atoms with Crippen LogP contribution < -0.4 is 14.8 Å². The first-order valence-corrected chi connectivity index (χ1v) is 7.25. The average Bonchev–Trinajstić information content (AvgIpc) is 2.75. The van der Waals surface area contributed by atoms with E-state index in [4.69, 9.17) is 4.74 Å². The maximum absolute atomic E-state index is 12.4. The van der Waals surface area contributed by atoms with Crippen molar-refractivity contribution in [3.63, 3.8) is 0 Å². The van der Waals surface area contributed by atoms with Crippen molar-refractivity contribution >= 4 is 0 Å². The molecular weight excluding hydrogens is 276 g/mol. The fourth-order valence-corrected chi connectivity index (χ4v) is 2.89. The number of benzene rings is 1. The van der Waals surface area contributed by atoms with E-state index in [1.54, 1.807) is 12.1 Å². The summed E-state index contributed by atoms with van der Waals surface area (Å²) in [7, 11) is 1.44. The van der Waals surface area contributed by atoms with Gasteiger partial charge in [-0.1, -0.05) is 19.9 Å². The third-order valence-electron chi connectivity index (χ3n) is 4.01. The molecule has 0 bridgehead atoms. The van der Waals surface area contributed by atoms with E-state index < -0.39 is 6.61 Å². The first-order valence-electron chi connectivity index (χ1n) is 7.25. The quantitative estimate of drug-likeness (QED) is 0.862. The van der Waals surface area contributed by atoms with E-state index in [0.717, 1.165) is 18.4 Å². The molecule has 1 aromatic carbocycles. The van der Waals surface area contributed by atoms with Crippen molar-refractivity contribution in [3.05, 3.63) is 23.8 Å². The molecule has 3 nitrogen and oxygen atoms in total. The summed E-state index contributed by atoms with van der Waals surface area (Å²) in [6.45, 7) is 2.34. The van der Waals surface area contributed by atoms with E-state index in [0.29, 0.717) is 23.8 Å². The summed E-state index contributed by atoms with van der Waals surface area (Å²) in [6, 6.07) is 5.62. The molecule has 0 heterocycles. The number of methoxy groups -OCH3 is 1. The van der Waals surface area contributed by atoms with E-state index >= 15 is 0 Å². The fraction of sp³-hybridized carbons (Fsp3) is 0.625. The molecule has 1 N–H and O–H groups in total. The number of hydrogen-bond donors (Lipinski definition) is 1. The normalized spacial score (nSPS) is 20.8. The van der Waals surface area contributed by atoms with Gasteiger partial charge in [0.2, 0.25) is 0 Å². The van der Waals surface area contributed by atoms with Crippen LogP contribution in [0.2, 0.25) is 0 Å². The first-order chi connectivity index (χ1) is 9.89. The minimum atomic E-state index is -2.85. The lowest BCUT2D eigenvalue weighted by molar-refractivity contribution is -0.0512. The molecule has 1 aliphatic carbocycles. The highest BCUT2D eigenvalue weighted by Crippen LogP contribution is 2.37. The number of halogens is 2. The third-order valence-corrected chi connectivity index (χ3v) is 4.01. The number of hydrogen-bond acceptors (Lipinski definition) is 3. The van der Waals surface area contributed by atoms with E-state index in [2.05, 4.69) is 23.9 Å². The van der Waals surface area contributed by atoms with Crippen LogP contribution in [0.1, 0.15) is 38.7 Å². The highest BCUT2D eigenvalue weighted by atomic mass is 19.3. The summed E-state index contributed by atoms with van der Waals surface area (Å²) in [5.41, 5.74) is 1.30. The second kappa shape index (κ2) is 6.60. The molecule has 0 spiro atoms. The zero-order valence-corrected chi connectivity index (χ0v) is 12.8. The molecule has 5 heteroatoms. The number of alkyl halides is 2. The molecule has 1 fully saturated rings. The van der Waals surface area contributed by atoms with Crippen LogP contribution in [0.3, 0.4) is 0 Å². The Morgan fingerprint density at radius 1 is 1.33 bits per heavy atom. The Kier molecular flexibility index (Phi) is 5.04. The van der Waals surface area contributed by atoms with Crippen molar-refractivity contribution in [2.24, 2.45) is 5.41 Å². The number of ether oxygens (including phenoxy) is 2. The summed E-state index contributed by atoms with van der Waals surface area (Å²) in [5.74, 6) is 0.402. The van der Waals surface area contributed by atoms with Crippen molar-refractivity contribution in [3.8, 4) is 11.5 Å². The van der Waals surface area contributed by atoms with Gasteiger partial charge in [-0.05, 0) is 42.4 Å². The van der Waals surface area contributed by atoms with E-state index in [9.17, 15) is 8.78 Å². The highest BCUT2D eigenvalue weighted by Gasteiger charge is 2.30. The molecule has 1 aliphatic rings. The van der Waals surface area contributed by atoms with Gasteiger partial charge in [0, 0.05) is 12.6 Å². The Morgan fingerprint density at radius 3 is 2.67 bits per heavy atom. The average molecular weight is 299 g/mol. The van der Waals surface area contributed by atoms with Crippen LogP contribution in [0, 0.1) is 5.41 Å². The van der Waals surface area contributed by atoms with Gasteiger partial charge in [-0.2, -0.15) is 8.78 Å². The van der Waals surface area contributed by atoms with Gasteiger partial charge in [0.25, 0.3) is 0 Å². The Labute approximate surface area is 124 Å². The van der Waals surface area contributed by atoms with Crippen molar-refractivity contribution in [1.82, 2.24) is 5.32 Å². The molecule has 1 unspecified atom stereocenters. The summed E-state index contributed by atoms with van der Waals surface area (Å²) < 4.78 is 34.3. The van der Waals surface area contributed by atoms with Gasteiger partial charge in [-0.25, -0.2) is 0 Å². The maximum atomic E-state index is 12.4. The molecule has 0 aromatic heterocycles. The van der Waals surface area contributed by atoms with Gasteiger partial charge in [0.15, 0.2) is 11.5 Å². The van der Waals surface area contributed by atoms with Gasteiger partial charge in [-0.3, -0.25) is 0 Å². The topological polar surface area (TPSA) is 30.5 Å². The third kappa shape index (κ3) is 4.56. The molecule has 0 saturated heterocycles. The van der Waals surface area contributed by atoms with Gasteiger partial charge in [0.05, 0.1) is 7.11 Å². The zero-order valence-electron chi connectivity index (χ0n) is 12.8. The molecule has 1 aromatic rings. The molecule has 0 amide bonds. The van der Waals surface area contributed by atoms with Gasteiger partial charge < -0.3 is 14.8 Å². The van der Waals surface area contributed by atoms with Crippen molar-refractivity contribution < 1.29 is 18.3 Å². The predicted octanol–water partition coefficient (Wildman–Crippen LogP) is 3.96. The van der Waals surface area contributed by atoms with Crippen molar-refractivity contribution in [2.45, 2.75) is 52.3 Å². The SMILES string of the molecule is COc1ccc(CNC2CCC(C)(C)C2)cc1OC(F)F. The second-order valence-corrected chi connectivity index (χ2v) is 6.35. The minimum absolute atomic E-state index is 0.0820. The second-order valence-electron chi connectivity index (χ2n) is 6.35. The summed E-state index contributed by atoms with van der Waals surface area (Å²) in [4.78, 5) is 0. The van der Waals surface area contributed by atoms with Crippen LogP contribution in [0.4, 0.5) is 8.78 Å². The first kappa shape index (κ1) is 16.0. The van der Waals surface area contributed by atoms with Gasteiger partial charge >= 0.3 is 6.61 Å². The minimum Gasteiger partial charge on any atom is -0.493 e. The molecule has 1 atom stereocenters. The lowest BCUT2D eigenvalue weighted by atomic mass is 9.92. The maximum Gasteiger partial charge on any atom is 0.387 e. The van der Waals surface area contributed by atoms with Crippen LogP contribution >= 0.6 is 0 Å². The van der Waals surface area contributed by atoms with Crippen molar-refractivity contribution in [2.75, 3.05) is 7.11 Å². The summed E-state index contributed by atoms with van der Waals surface area (Å²) >= 11 is 0. The van der Waals surface area contributed by atoms with Crippen LogP contribution in [0.5, 0.6) is 11.5 Å². The zero-order chi connectivity index (χ0) is 15.5. The highest BCUT2D eigenvalue weighted by molar-refractivity contribution is 5.43. The van der Waals surface area contributed by atoms with Crippen LogP contribution in [0.25, 0.3) is 0 Å². The largest absolute Gasteiger partial charge is 0.493 e. The molecule has 118 valence electrons. The standard InChI is InChI=1S/C16H23F2NO2/c1-16(2)7-6-12(9-16)19-10-11-4-5-13(20-3)14(8-11)21-15(17)18/h4-5,8,12,15,19H,6-7,9-10H2,1-3H3. The summed E-state index contributed by atoms with van der Waals surface area (Å²) in [6.07, 6.45) is 3.51. The monoisotopic (exact) mass is 299 g/mol. The van der Waals surface area contributed by atoms with Crippen LogP contribution in [-0.2, 0) is 6.54 Å². The lowest BCUT2D eigenvalue weighted by Crippen LogP contribution is -2.26. The lowest BCUT2D eigenvalue weighted by Gasteiger charge is -2.18. The molecule has 2 rings (SSSR count). The smallest absolute Gasteiger partial charge is 0.387 e. The molecule has 21 heavy (non-hydrogen) atoms. The molecular formula is C16H23F2NO2. The van der Waals surface area contributed by atoms with E-state index in [1.807, 2.05) is 6.07 Å². The molecule has 0 radical (unpaired) electrons. The fourth-order valence-electron chi connectivity index (χ4n) is 2.89. The number of rotatable bonds is 6. The van der Waals surface area contributed by atoms with Crippen molar-refractivity contribution in [1.29, 1.82) is 0 Å². The Morgan fingerprint density at radius 2 is 2.10 bits per heavy atom. The van der Waals surface area contributed by atoms with E-state index in [1.165, 1.54) is 13.5 Å². The number of nitrogens with one attached hydrogen (secondary N) is 1. The van der Waals surface area contributed by atoms with E-state index in [-0.39, 0.29) is 5.75 Å².